The van der Waals surface area contributed by atoms with Crippen molar-refractivity contribution in [2.75, 3.05) is 6.61 Å². The first-order valence-corrected chi connectivity index (χ1v) is 6.38. The second kappa shape index (κ2) is 15.9. The van der Waals surface area contributed by atoms with Crippen molar-refractivity contribution < 1.29 is 9.53 Å². The molecule has 2 heteroatoms. The summed E-state index contributed by atoms with van der Waals surface area (Å²) in [5, 5.41) is 0. The Morgan fingerprint density at radius 1 is 0.867 bits per heavy atom. The first-order chi connectivity index (χ1) is 7.22. The lowest BCUT2D eigenvalue weighted by atomic mass is 10.2. The minimum Gasteiger partial charge on any atom is -0.466 e. The van der Waals surface area contributed by atoms with Gasteiger partial charge in [0.2, 0.25) is 0 Å². The van der Waals surface area contributed by atoms with E-state index >= 15 is 0 Å². The number of esters is 1. The van der Waals surface area contributed by atoms with E-state index in [1.54, 1.807) is 0 Å². The van der Waals surface area contributed by atoms with Crippen LogP contribution in [0.3, 0.4) is 0 Å². The molecule has 0 radical (unpaired) electrons. The summed E-state index contributed by atoms with van der Waals surface area (Å²) in [6.45, 7) is 8.76. The van der Waals surface area contributed by atoms with Crippen molar-refractivity contribution in [2.45, 2.75) is 72.6 Å². The summed E-state index contributed by atoms with van der Waals surface area (Å²) in [4.78, 5) is 10.4. The summed E-state index contributed by atoms with van der Waals surface area (Å²) in [6, 6.07) is 0. The van der Waals surface area contributed by atoms with E-state index in [0.717, 1.165) is 6.42 Å². The molecule has 0 heterocycles. The Morgan fingerprint density at radius 2 is 1.40 bits per heavy atom. The van der Waals surface area contributed by atoms with Gasteiger partial charge in [0, 0.05) is 6.42 Å². The summed E-state index contributed by atoms with van der Waals surface area (Å²) in [7, 11) is 0. The van der Waals surface area contributed by atoms with Gasteiger partial charge in [-0.1, -0.05) is 52.9 Å². The van der Waals surface area contributed by atoms with E-state index in [1.807, 2.05) is 13.8 Å². The smallest absolute Gasteiger partial charge is 0.305 e. The van der Waals surface area contributed by atoms with E-state index in [-0.39, 0.29) is 5.97 Å². The topological polar surface area (TPSA) is 26.3 Å². The van der Waals surface area contributed by atoms with Crippen LogP contribution in [0, 0.1) is 0 Å². The predicted octanol–water partition coefficient (Wildman–Crippen LogP) is 4.33. The molecular formula is C13H28O2. The largest absolute Gasteiger partial charge is 0.466 e. The molecule has 0 rings (SSSR count). The van der Waals surface area contributed by atoms with Gasteiger partial charge in [0.25, 0.3) is 0 Å². The van der Waals surface area contributed by atoms with Gasteiger partial charge in [0.05, 0.1) is 6.61 Å². The van der Waals surface area contributed by atoms with Gasteiger partial charge in [-0.05, 0) is 13.3 Å². The maximum atomic E-state index is 10.4. The summed E-state index contributed by atoms with van der Waals surface area (Å²) < 4.78 is 4.64. The van der Waals surface area contributed by atoms with E-state index in [0.29, 0.717) is 13.0 Å². The zero-order valence-corrected chi connectivity index (χ0v) is 11.0. The van der Waals surface area contributed by atoms with Gasteiger partial charge in [-0.2, -0.15) is 0 Å². The Kier molecular flexibility index (Phi) is 17.9. The van der Waals surface area contributed by atoms with Crippen molar-refractivity contribution in [3.63, 3.8) is 0 Å². The zero-order chi connectivity index (χ0) is 11.9. The van der Waals surface area contributed by atoms with Crippen LogP contribution < -0.4 is 0 Å². The highest BCUT2D eigenvalue weighted by Crippen LogP contribution is 2.00. The monoisotopic (exact) mass is 216 g/mol. The molecule has 0 aromatic heterocycles. The van der Waals surface area contributed by atoms with Crippen LogP contribution in [0.2, 0.25) is 0 Å². The number of unbranched alkanes of at least 4 members (excludes halogenated alkanes) is 4. The van der Waals surface area contributed by atoms with Crippen molar-refractivity contribution in [1.29, 1.82) is 0 Å². The molecule has 0 aliphatic carbocycles. The molecule has 0 amide bonds. The number of hydrogen-bond donors (Lipinski definition) is 0. The summed E-state index contributed by atoms with van der Waals surface area (Å²) >= 11 is 0. The van der Waals surface area contributed by atoms with Crippen LogP contribution in [-0.2, 0) is 9.53 Å². The van der Waals surface area contributed by atoms with Crippen LogP contribution in [0.5, 0.6) is 0 Å². The SMILES string of the molecule is CCCC(=O)OCC.CCCCCCC. The molecule has 0 saturated carbocycles. The molecule has 0 aromatic rings. The van der Waals surface area contributed by atoms with Crippen LogP contribution in [0.4, 0.5) is 0 Å². The lowest BCUT2D eigenvalue weighted by Crippen LogP contribution is -2.01. The predicted molar refractivity (Wildman–Crippen MR) is 66.0 cm³/mol. The molecule has 0 aliphatic heterocycles. The quantitative estimate of drug-likeness (QED) is 0.468. The zero-order valence-electron chi connectivity index (χ0n) is 11.0. The molecule has 92 valence electrons. The third-order valence-electron chi connectivity index (χ3n) is 1.97. The minimum absolute atomic E-state index is 0.0880. The molecule has 0 bridgehead atoms. The average Bonchev–Trinajstić information content (AvgIpc) is 2.20. The van der Waals surface area contributed by atoms with Crippen LogP contribution in [-0.4, -0.2) is 12.6 Å². The van der Waals surface area contributed by atoms with Crippen LogP contribution >= 0.6 is 0 Å². The van der Waals surface area contributed by atoms with E-state index in [1.165, 1.54) is 32.1 Å². The van der Waals surface area contributed by atoms with Gasteiger partial charge in [0.15, 0.2) is 0 Å². The van der Waals surface area contributed by atoms with Crippen molar-refractivity contribution in [3.8, 4) is 0 Å². The third kappa shape index (κ3) is 19.8. The van der Waals surface area contributed by atoms with E-state index in [9.17, 15) is 4.79 Å². The number of carbonyl (C=O) groups is 1. The van der Waals surface area contributed by atoms with Gasteiger partial charge < -0.3 is 4.74 Å². The van der Waals surface area contributed by atoms with Crippen LogP contribution in [0.15, 0.2) is 0 Å². The Hall–Kier alpha value is -0.530. The molecule has 0 N–H and O–H groups in total. The summed E-state index contributed by atoms with van der Waals surface area (Å²) in [6.07, 6.45) is 8.43. The molecule has 15 heavy (non-hydrogen) atoms. The molecule has 0 atom stereocenters. The Balaban J connectivity index is 0. The lowest BCUT2D eigenvalue weighted by Gasteiger charge is -1.96. The highest BCUT2D eigenvalue weighted by Gasteiger charge is 1.95. The standard InChI is InChI=1S/C7H16.C6H12O2/c1-3-5-7-6-4-2;1-3-5-6(7)8-4-2/h3-7H2,1-2H3;3-5H2,1-2H3. The molecule has 2 nitrogen and oxygen atoms in total. The fourth-order valence-corrected chi connectivity index (χ4v) is 1.11. The maximum absolute atomic E-state index is 10.4. The Labute approximate surface area is 95.4 Å². The fourth-order valence-electron chi connectivity index (χ4n) is 1.11. The molecular weight excluding hydrogens is 188 g/mol. The Bertz CT molecular complexity index is 110. The summed E-state index contributed by atoms with van der Waals surface area (Å²) in [5.74, 6) is -0.0880. The van der Waals surface area contributed by atoms with Gasteiger partial charge in [-0.25, -0.2) is 0 Å². The Morgan fingerprint density at radius 3 is 1.73 bits per heavy atom. The van der Waals surface area contributed by atoms with Gasteiger partial charge in [-0.3, -0.25) is 4.79 Å². The van der Waals surface area contributed by atoms with Crippen molar-refractivity contribution in [2.24, 2.45) is 0 Å². The fraction of sp³-hybridized carbons (Fsp3) is 0.923. The maximum Gasteiger partial charge on any atom is 0.305 e. The van der Waals surface area contributed by atoms with Crippen molar-refractivity contribution in [1.82, 2.24) is 0 Å². The van der Waals surface area contributed by atoms with Crippen molar-refractivity contribution in [3.05, 3.63) is 0 Å². The highest BCUT2D eigenvalue weighted by atomic mass is 16.5. The molecule has 0 unspecified atom stereocenters. The normalized spacial score (nSPS) is 9.07. The first kappa shape index (κ1) is 16.9. The molecule has 0 aliphatic rings. The number of rotatable bonds is 7. The van der Waals surface area contributed by atoms with Crippen LogP contribution in [0.1, 0.15) is 72.6 Å². The number of carbonyl (C=O) groups excluding carboxylic acids is 1. The lowest BCUT2D eigenvalue weighted by molar-refractivity contribution is -0.143. The molecule has 0 spiro atoms. The number of hydrogen-bond acceptors (Lipinski definition) is 2. The van der Waals surface area contributed by atoms with E-state index < -0.39 is 0 Å². The molecule has 0 aromatic carbocycles. The second-order valence-electron chi connectivity index (χ2n) is 3.62. The van der Waals surface area contributed by atoms with Gasteiger partial charge in [-0.15, -0.1) is 0 Å². The van der Waals surface area contributed by atoms with Gasteiger partial charge in [0.1, 0.15) is 0 Å². The van der Waals surface area contributed by atoms with Gasteiger partial charge >= 0.3 is 5.97 Å². The van der Waals surface area contributed by atoms with E-state index in [2.05, 4.69) is 18.6 Å². The first-order valence-electron chi connectivity index (χ1n) is 6.38. The van der Waals surface area contributed by atoms with Crippen molar-refractivity contribution >= 4 is 5.97 Å². The van der Waals surface area contributed by atoms with E-state index in [4.69, 9.17) is 0 Å². The summed E-state index contributed by atoms with van der Waals surface area (Å²) in [5.41, 5.74) is 0. The second-order valence-corrected chi connectivity index (χ2v) is 3.62. The molecule has 0 saturated heterocycles. The highest BCUT2D eigenvalue weighted by molar-refractivity contribution is 5.69. The molecule has 0 fully saturated rings. The van der Waals surface area contributed by atoms with Crippen LogP contribution in [0.25, 0.3) is 0 Å². The number of ether oxygens (including phenoxy) is 1. The average molecular weight is 216 g/mol. The third-order valence-corrected chi connectivity index (χ3v) is 1.97. The minimum atomic E-state index is -0.0880.